The predicted molar refractivity (Wildman–Crippen MR) is 94.7 cm³/mol. The Bertz CT molecular complexity index is 615. The van der Waals surface area contributed by atoms with Crippen molar-refractivity contribution >= 4 is 29.9 Å². The standard InChI is InChI=1S/C15H19FN4O.HI/c1-3-17-15(19-10-13-8-11(2)21-20-13)18-9-12-6-4-5-7-14(12)16;/h4-8H,3,9-10H2,1-2H3,(H2,17,18,19);1H. The van der Waals surface area contributed by atoms with Crippen LogP contribution >= 0.6 is 24.0 Å². The van der Waals surface area contributed by atoms with Crippen molar-refractivity contribution in [2.45, 2.75) is 26.9 Å². The first-order valence-corrected chi connectivity index (χ1v) is 6.87. The van der Waals surface area contributed by atoms with E-state index in [2.05, 4.69) is 20.8 Å². The van der Waals surface area contributed by atoms with Gasteiger partial charge in [0.15, 0.2) is 5.96 Å². The predicted octanol–water partition coefficient (Wildman–Crippen LogP) is 3.00. The van der Waals surface area contributed by atoms with Crippen molar-refractivity contribution in [2.24, 2.45) is 4.99 Å². The van der Waals surface area contributed by atoms with Gasteiger partial charge in [0.25, 0.3) is 0 Å². The number of aromatic nitrogens is 1. The van der Waals surface area contributed by atoms with Crippen LogP contribution in [0.15, 0.2) is 39.8 Å². The molecule has 0 aliphatic carbocycles. The monoisotopic (exact) mass is 418 g/mol. The molecule has 1 heterocycles. The molecule has 5 nitrogen and oxygen atoms in total. The highest BCUT2D eigenvalue weighted by atomic mass is 127. The summed E-state index contributed by atoms with van der Waals surface area (Å²) in [7, 11) is 0. The fourth-order valence-electron chi connectivity index (χ4n) is 1.81. The second kappa shape index (κ2) is 9.39. The Morgan fingerprint density at radius 1 is 1.32 bits per heavy atom. The normalized spacial score (nSPS) is 11.0. The molecule has 120 valence electrons. The Morgan fingerprint density at radius 3 is 2.73 bits per heavy atom. The molecule has 22 heavy (non-hydrogen) atoms. The zero-order chi connectivity index (χ0) is 15.1. The molecule has 0 bridgehead atoms. The maximum atomic E-state index is 13.5. The third-order valence-corrected chi connectivity index (χ3v) is 2.82. The second-order valence-electron chi connectivity index (χ2n) is 4.57. The van der Waals surface area contributed by atoms with E-state index in [1.165, 1.54) is 6.07 Å². The van der Waals surface area contributed by atoms with Gasteiger partial charge in [0.2, 0.25) is 0 Å². The van der Waals surface area contributed by atoms with Crippen LogP contribution in [0.25, 0.3) is 0 Å². The van der Waals surface area contributed by atoms with E-state index in [4.69, 9.17) is 4.52 Å². The van der Waals surface area contributed by atoms with Crippen LogP contribution in [-0.2, 0) is 13.1 Å². The molecular formula is C15H20FIN4O. The molecule has 2 N–H and O–H groups in total. The van der Waals surface area contributed by atoms with Crippen molar-refractivity contribution in [3.8, 4) is 0 Å². The topological polar surface area (TPSA) is 62.5 Å². The quantitative estimate of drug-likeness (QED) is 0.445. The zero-order valence-corrected chi connectivity index (χ0v) is 14.9. The summed E-state index contributed by atoms with van der Waals surface area (Å²) in [5.41, 5.74) is 1.36. The summed E-state index contributed by atoms with van der Waals surface area (Å²) in [6, 6.07) is 8.48. The number of benzene rings is 1. The number of aliphatic imine (C=N–C) groups is 1. The summed E-state index contributed by atoms with van der Waals surface area (Å²) < 4.78 is 18.5. The number of hydrogen-bond donors (Lipinski definition) is 2. The number of aryl methyl sites for hydroxylation is 1. The molecule has 1 aromatic heterocycles. The van der Waals surface area contributed by atoms with Gasteiger partial charge in [0, 0.05) is 18.2 Å². The Morgan fingerprint density at radius 2 is 2.09 bits per heavy atom. The number of guanidine groups is 1. The van der Waals surface area contributed by atoms with Crippen molar-refractivity contribution < 1.29 is 8.91 Å². The third-order valence-electron chi connectivity index (χ3n) is 2.82. The second-order valence-corrected chi connectivity index (χ2v) is 4.57. The van der Waals surface area contributed by atoms with E-state index < -0.39 is 0 Å². The highest BCUT2D eigenvalue weighted by Gasteiger charge is 2.04. The number of nitrogens with zero attached hydrogens (tertiary/aromatic N) is 2. The number of nitrogens with one attached hydrogen (secondary N) is 2. The average Bonchev–Trinajstić information content (AvgIpc) is 2.89. The van der Waals surface area contributed by atoms with E-state index in [0.717, 1.165) is 18.0 Å². The van der Waals surface area contributed by atoms with E-state index in [1.807, 2.05) is 19.9 Å². The van der Waals surface area contributed by atoms with Crippen LogP contribution in [0.5, 0.6) is 0 Å². The van der Waals surface area contributed by atoms with Crippen LogP contribution < -0.4 is 10.6 Å². The maximum absolute atomic E-state index is 13.5. The lowest BCUT2D eigenvalue weighted by molar-refractivity contribution is 0.390. The van der Waals surface area contributed by atoms with Crippen LogP contribution in [0, 0.1) is 12.7 Å². The van der Waals surface area contributed by atoms with E-state index in [9.17, 15) is 4.39 Å². The van der Waals surface area contributed by atoms with Crippen LogP contribution in [-0.4, -0.2) is 17.7 Å². The molecule has 0 radical (unpaired) electrons. The molecule has 2 aromatic rings. The van der Waals surface area contributed by atoms with Gasteiger partial charge in [-0.3, -0.25) is 0 Å². The summed E-state index contributed by atoms with van der Waals surface area (Å²) in [5.74, 6) is 1.13. The summed E-state index contributed by atoms with van der Waals surface area (Å²) in [4.78, 5) is 4.36. The molecule has 0 saturated carbocycles. The molecule has 0 fully saturated rings. The fraction of sp³-hybridized carbons (Fsp3) is 0.333. The van der Waals surface area contributed by atoms with E-state index in [-0.39, 0.29) is 36.3 Å². The van der Waals surface area contributed by atoms with Gasteiger partial charge in [-0.15, -0.1) is 24.0 Å². The Balaban J connectivity index is 0.00000242. The fourth-order valence-corrected chi connectivity index (χ4v) is 1.81. The number of rotatable bonds is 5. The van der Waals surface area contributed by atoms with Crippen molar-refractivity contribution in [1.29, 1.82) is 0 Å². The molecule has 0 saturated heterocycles. The van der Waals surface area contributed by atoms with Crippen LogP contribution in [0.2, 0.25) is 0 Å². The summed E-state index contributed by atoms with van der Waals surface area (Å²) in [6.07, 6.45) is 0. The highest BCUT2D eigenvalue weighted by molar-refractivity contribution is 14.0. The molecule has 0 atom stereocenters. The van der Waals surface area contributed by atoms with Crippen LogP contribution in [0.3, 0.4) is 0 Å². The molecule has 0 aliphatic rings. The average molecular weight is 418 g/mol. The minimum absolute atomic E-state index is 0. The van der Waals surface area contributed by atoms with Gasteiger partial charge < -0.3 is 15.2 Å². The Kier molecular flexibility index (Phi) is 7.86. The minimum Gasteiger partial charge on any atom is -0.361 e. The SMILES string of the molecule is CCNC(=NCc1ccccc1F)NCc1cc(C)on1.I. The molecule has 2 rings (SSSR count). The van der Waals surface area contributed by atoms with Gasteiger partial charge in [0.1, 0.15) is 17.3 Å². The van der Waals surface area contributed by atoms with Gasteiger partial charge in [0.05, 0.1) is 13.1 Å². The molecule has 0 spiro atoms. The largest absolute Gasteiger partial charge is 0.361 e. The highest BCUT2D eigenvalue weighted by Crippen LogP contribution is 2.07. The van der Waals surface area contributed by atoms with Crippen LogP contribution in [0.1, 0.15) is 23.9 Å². The van der Waals surface area contributed by atoms with Crippen molar-refractivity contribution in [1.82, 2.24) is 15.8 Å². The number of hydrogen-bond acceptors (Lipinski definition) is 3. The summed E-state index contributed by atoms with van der Waals surface area (Å²) >= 11 is 0. The third kappa shape index (κ3) is 5.63. The lowest BCUT2D eigenvalue weighted by Gasteiger charge is -2.10. The lowest BCUT2D eigenvalue weighted by atomic mass is 10.2. The maximum Gasteiger partial charge on any atom is 0.191 e. The van der Waals surface area contributed by atoms with Crippen molar-refractivity contribution in [3.63, 3.8) is 0 Å². The van der Waals surface area contributed by atoms with Crippen molar-refractivity contribution in [3.05, 3.63) is 53.2 Å². The van der Waals surface area contributed by atoms with Gasteiger partial charge in [-0.1, -0.05) is 23.4 Å². The molecule has 0 aliphatic heterocycles. The zero-order valence-electron chi connectivity index (χ0n) is 12.6. The minimum atomic E-state index is -0.246. The van der Waals surface area contributed by atoms with Gasteiger partial charge in [-0.2, -0.15) is 0 Å². The van der Waals surface area contributed by atoms with Gasteiger partial charge >= 0.3 is 0 Å². The smallest absolute Gasteiger partial charge is 0.191 e. The summed E-state index contributed by atoms with van der Waals surface area (Å²) in [5, 5.41) is 10.1. The number of halogens is 2. The van der Waals surface area contributed by atoms with Crippen LogP contribution in [0.4, 0.5) is 4.39 Å². The van der Waals surface area contributed by atoms with E-state index in [0.29, 0.717) is 18.1 Å². The Hall–Kier alpha value is -1.64. The molecule has 0 amide bonds. The first-order chi connectivity index (χ1) is 10.2. The molecule has 0 unspecified atom stereocenters. The van der Waals surface area contributed by atoms with E-state index >= 15 is 0 Å². The lowest BCUT2D eigenvalue weighted by Crippen LogP contribution is -2.36. The van der Waals surface area contributed by atoms with Crippen molar-refractivity contribution in [2.75, 3.05) is 6.54 Å². The molecule has 1 aromatic carbocycles. The Labute approximate surface area is 146 Å². The first kappa shape index (κ1) is 18.4. The van der Waals surface area contributed by atoms with Gasteiger partial charge in [-0.05, 0) is 19.9 Å². The van der Waals surface area contributed by atoms with E-state index in [1.54, 1.807) is 18.2 Å². The summed E-state index contributed by atoms with van der Waals surface area (Å²) in [6.45, 7) is 5.32. The van der Waals surface area contributed by atoms with Gasteiger partial charge in [-0.25, -0.2) is 9.38 Å². The first-order valence-electron chi connectivity index (χ1n) is 6.87. The molecular weight excluding hydrogens is 398 g/mol. The molecule has 7 heteroatoms.